The molecule has 0 unspecified atom stereocenters. The van der Waals surface area contributed by atoms with Gasteiger partial charge in [0.05, 0.1) is 6.61 Å². The van der Waals surface area contributed by atoms with Crippen LogP contribution in [0.4, 0.5) is 0 Å². The first-order valence-electron chi connectivity index (χ1n) is 5.44. The van der Waals surface area contributed by atoms with Crippen molar-refractivity contribution < 1.29 is 4.74 Å². The predicted molar refractivity (Wildman–Crippen MR) is 61.1 cm³/mol. The van der Waals surface area contributed by atoms with Gasteiger partial charge in [-0.05, 0) is 42.5 Å². The molecule has 0 saturated carbocycles. The number of hydrogen-bond acceptors (Lipinski definition) is 1. The van der Waals surface area contributed by atoms with Gasteiger partial charge in [0.1, 0.15) is 5.75 Å². The van der Waals surface area contributed by atoms with Crippen LogP contribution < -0.4 is 4.74 Å². The van der Waals surface area contributed by atoms with E-state index in [9.17, 15) is 0 Å². The smallest absolute Gasteiger partial charge is 0.119 e. The Morgan fingerprint density at radius 2 is 1.93 bits per heavy atom. The highest BCUT2D eigenvalue weighted by Crippen LogP contribution is 2.24. The minimum absolute atomic E-state index is 0.598. The second-order valence-corrected chi connectivity index (χ2v) is 3.80. The Labute approximate surface area is 87.1 Å². The molecule has 0 bridgehead atoms. The van der Waals surface area contributed by atoms with Crippen molar-refractivity contribution in [2.75, 3.05) is 6.61 Å². The minimum Gasteiger partial charge on any atom is -0.494 e. The average molecular weight is 192 g/mol. The lowest BCUT2D eigenvalue weighted by atomic mass is 9.95. The van der Waals surface area contributed by atoms with Crippen LogP contribution in [0.15, 0.2) is 18.2 Å². The Bertz CT molecular complexity index is 289. The first-order valence-corrected chi connectivity index (χ1v) is 5.44. The summed E-state index contributed by atoms with van der Waals surface area (Å²) in [6.45, 7) is 9.41. The molecule has 0 aromatic heterocycles. The fourth-order valence-electron chi connectivity index (χ4n) is 1.71. The molecule has 0 aliphatic heterocycles. The van der Waals surface area contributed by atoms with Crippen LogP contribution >= 0.6 is 0 Å². The summed E-state index contributed by atoms with van der Waals surface area (Å²) in [5, 5.41) is 0. The molecular weight excluding hydrogens is 172 g/mol. The van der Waals surface area contributed by atoms with E-state index in [0.717, 1.165) is 18.8 Å². The molecule has 78 valence electrons. The number of aryl methyl sites for hydroxylation is 1. The highest BCUT2D eigenvalue weighted by atomic mass is 16.5. The summed E-state index contributed by atoms with van der Waals surface area (Å²) >= 11 is 0. The molecule has 1 rings (SSSR count). The predicted octanol–water partition coefficient (Wildman–Crippen LogP) is 3.77. The Morgan fingerprint density at radius 1 is 1.21 bits per heavy atom. The van der Waals surface area contributed by atoms with Gasteiger partial charge < -0.3 is 4.74 Å². The van der Waals surface area contributed by atoms with E-state index >= 15 is 0 Å². The minimum atomic E-state index is 0.598. The van der Waals surface area contributed by atoms with Gasteiger partial charge in [-0.3, -0.25) is 0 Å². The zero-order chi connectivity index (χ0) is 10.6. The second-order valence-electron chi connectivity index (χ2n) is 3.80. The molecule has 0 aliphatic carbocycles. The van der Waals surface area contributed by atoms with Gasteiger partial charge in [0.15, 0.2) is 0 Å². The Kier molecular flexibility index (Phi) is 3.99. The topological polar surface area (TPSA) is 9.23 Å². The van der Waals surface area contributed by atoms with Crippen molar-refractivity contribution in [1.29, 1.82) is 0 Å². The molecule has 1 heteroatoms. The molecule has 0 spiro atoms. The van der Waals surface area contributed by atoms with Crippen molar-refractivity contribution in [2.24, 2.45) is 0 Å². The summed E-state index contributed by atoms with van der Waals surface area (Å²) in [5.41, 5.74) is 2.85. The number of hydrogen-bond donors (Lipinski definition) is 0. The highest BCUT2D eigenvalue weighted by Gasteiger charge is 2.06. The van der Waals surface area contributed by atoms with Gasteiger partial charge in [0, 0.05) is 0 Å². The Balaban J connectivity index is 2.99. The van der Waals surface area contributed by atoms with Crippen LogP contribution in [-0.2, 0) is 6.42 Å². The standard InChI is InChI=1S/C13H20O/c1-5-11-9-12(14-6-2)7-8-13(11)10(3)4/h7-10H,5-6H2,1-4H3. The van der Waals surface area contributed by atoms with Crippen LogP contribution in [0, 0.1) is 0 Å². The zero-order valence-electron chi connectivity index (χ0n) is 9.63. The molecule has 0 amide bonds. The van der Waals surface area contributed by atoms with Gasteiger partial charge in [0.2, 0.25) is 0 Å². The quantitative estimate of drug-likeness (QED) is 0.705. The molecule has 0 atom stereocenters. The van der Waals surface area contributed by atoms with Crippen LogP contribution in [0.1, 0.15) is 44.7 Å². The van der Waals surface area contributed by atoms with Crippen molar-refractivity contribution >= 4 is 0 Å². The van der Waals surface area contributed by atoms with Gasteiger partial charge in [-0.1, -0.05) is 26.8 Å². The Hall–Kier alpha value is -0.980. The van der Waals surface area contributed by atoms with Crippen LogP contribution in [0.5, 0.6) is 5.75 Å². The van der Waals surface area contributed by atoms with Crippen molar-refractivity contribution in [2.45, 2.75) is 40.0 Å². The lowest BCUT2D eigenvalue weighted by Crippen LogP contribution is -1.98. The van der Waals surface area contributed by atoms with Gasteiger partial charge in [-0.2, -0.15) is 0 Å². The van der Waals surface area contributed by atoms with Crippen molar-refractivity contribution in [3.63, 3.8) is 0 Å². The molecule has 0 heterocycles. The maximum Gasteiger partial charge on any atom is 0.119 e. The highest BCUT2D eigenvalue weighted by molar-refractivity contribution is 5.37. The summed E-state index contributed by atoms with van der Waals surface area (Å²) in [6.07, 6.45) is 1.08. The fourth-order valence-corrected chi connectivity index (χ4v) is 1.71. The zero-order valence-corrected chi connectivity index (χ0v) is 9.63. The van der Waals surface area contributed by atoms with E-state index in [1.165, 1.54) is 11.1 Å². The van der Waals surface area contributed by atoms with Crippen molar-refractivity contribution in [3.8, 4) is 5.75 Å². The van der Waals surface area contributed by atoms with E-state index < -0.39 is 0 Å². The third kappa shape index (κ3) is 2.50. The van der Waals surface area contributed by atoms with Crippen molar-refractivity contribution in [1.82, 2.24) is 0 Å². The second kappa shape index (κ2) is 5.04. The van der Waals surface area contributed by atoms with Crippen LogP contribution in [0.2, 0.25) is 0 Å². The van der Waals surface area contributed by atoms with Gasteiger partial charge in [-0.25, -0.2) is 0 Å². The number of ether oxygens (including phenoxy) is 1. The SMILES string of the molecule is CCOc1ccc(C(C)C)c(CC)c1. The van der Waals surface area contributed by atoms with Crippen LogP contribution in [0.3, 0.4) is 0 Å². The van der Waals surface area contributed by atoms with Gasteiger partial charge in [0.25, 0.3) is 0 Å². The van der Waals surface area contributed by atoms with Crippen LogP contribution in [0.25, 0.3) is 0 Å². The molecule has 0 aliphatic rings. The third-order valence-electron chi connectivity index (χ3n) is 2.43. The molecule has 0 saturated heterocycles. The Morgan fingerprint density at radius 3 is 2.43 bits per heavy atom. The van der Waals surface area contributed by atoms with E-state index in [0.29, 0.717) is 5.92 Å². The average Bonchev–Trinajstić information content (AvgIpc) is 2.17. The monoisotopic (exact) mass is 192 g/mol. The summed E-state index contributed by atoms with van der Waals surface area (Å²) in [7, 11) is 0. The molecule has 0 N–H and O–H groups in total. The molecule has 0 radical (unpaired) electrons. The molecule has 1 aromatic carbocycles. The van der Waals surface area contributed by atoms with Gasteiger partial charge in [-0.15, -0.1) is 0 Å². The maximum atomic E-state index is 5.48. The van der Waals surface area contributed by atoms with Gasteiger partial charge >= 0.3 is 0 Å². The summed E-state index contributed by atoms with van der Waals surface area (Å²) in [5.74, 6) is 1.59. The lowest BCUT2D eigenvalue weighted by molar-refractivity contribution is 0.340. The van der Waals surface area contributed by atoms with E-state index in [1.807, 2.05) is 6.92 Å². The number of benzene rings is 1. The molecule has 1 nitrogen and oxygen atoms in total. The van der Waals surface area contributed by atoms with Crippen LogP contribution in [-0.4, -0.2) is 6.61 Å². The fraction of sp³-hybridized carbons (Fsp3) is 0.538. The first kappa shape index (κ1) is 11.1. The van der Waals surface area contributed by atoms with E-state index in [1.54, 1.807) is 0 Å². The summed E-state index contributed by atoms with van der Waals surface area (Å²) in [6, 6.07) is 6.42. The van der Waals surface area contributed by atoms with E-state index in [4.69, 9.17) is 4.74 Å². The first-order chi connectivity index (χ1) is 6.69. The van der Waals surface area contributed by atoms with Crippen molar-refractivity contribution in [3.05, 3.63) is 29.3 Å². The molecular formula is C13H20O. The lowest BCUT2D eigenvalue weighted by Gasteiger charge is -2.13. The normalized spacial score (nSPS) is 10.6. The molecule has 1 aromatic rings. The molecule has 14 heavy (non-hydrogen) atoms. The van der Waals surface area contributed by atoms with E-state index in [-0.39, 0.29) is 0 Å². The molecule has 0 fully saturated rings. The third-order valence-corrected chi connectivity index (χ3v) is 2.43. The van der Waals surface area contributed by atoms with E-state index in [2.05, 4.69) is 39.0 Å². The largest absolute Gasteiger partial charge is 0.494 e. The summed E-state index contributed by atoms with van der Waals surface area (Å²) < 4.78 is 5.48. The number of rotatable bonds is 4. The maximum absolute atomic E-state index is 5.48. The summed E-state index contributed by atoms with van der Waals surface area (Å²) in [4.78, 5) is 0.